The second kappa shape index (κ2) is 8.73. The van der Waals surface area contributed by atoms with E-state index >= 15 is 0 Å². The number of nitrogens with zero attached hydrogens (tertiary/aromatic N) is 1. The van der Waals surface area contributed by atoms with Gasteiger partial charge in [0, 0.05) is 16.1 Å². The molecule has 0 saturated carbocycles. The Kier molecular flexibility index (Phi) is 5.87. The van der Waals surface area contributed by atoms with Gasteiger partial charge in [-0.25, -0.2) is 0 Å². The number of carbonyl (C=O) groups is 3. The van der Waals surface area contributed by atoms with Crippen LogP contribution in [0.4, 0.5) is 10.5 Å². The number of halogens is 1. The summed E-state index contributed by atoms with van der Waals surface area (Å²) in [6, 6.07) is 20.2. The van der Waals surface area contributed by atoms with Crippen LogP contribution in [0.3, 0.4) is 0 Å². The zero-order valence-corrected chi connectivity index (χ0v) is 17.9. The molecule has 2 heterocycles. The van der Waals surface area contributed by atoms with Crippen LogP contribution in [-0.2, 0) is 9.59 Å². The Morgan fingerprint density at radius 2 is 1.77 bits per heavy atom. The van der Waals surface area contributed by atoms with Crippen molar-refractivity contribution in [2.75, 3.05) is 11.9 Å². The van der Waals surface area contributed by atoms with Crippen molar-refractivity contribution in [2.45, 2.75) is 0 Å². The lowest BCUT2D eigenvalue weighted by Crippen LogP contribution is -2.36. The van der Waals surface area contributed by atoms with E-state index in [1.165, 1.54) is 6.08 Å². The Bertz CT molecular complexity index is 1160. The van der Waals surface area contributed by atoms with Crippen molar-refractivity contribution in [2.24, 2.45) is 0 Å². The summed E-state index contributed by atoms with van der Waals surface area (Å²) in [5.41, 5.74) is 1.48. The number of carbonyl (C=O) groups excluding carboxylic acids is 3. The van der Waals surface area contributed by atoms with E-state index in [1.54, 1.807) is 30.3 Å². The lowest BCUT2D eigenvalue weighted by atomic mass is 10.2. The number of furan rings is 1. The van der Waals surface area contributed by atoms with Crippen molar-refractivity contribution in [3.63, 3.8) is 0 Å². The van der Waals surface area contributed by atoms with Crippen molar-refractivity contribution in [3.05, 3.63) is 81.9 Å². The van der Waals surface area contributed by atoms with Crippen molar-refractivity contribution in [1.29, 1.82) is 0 Å². The van der Waals surface area contributed by atoms with Crippen LogP contribution in [0.2, 0.25) is 0 Å². The Morgan fingerprint density at radius 3 is 2.53 bits per heavy atom. The topological polar surface area (TPSA) is 79.6 Å². The highest BCUT2D eigenvalue weighted by molar-refractivity contribution is 9.10. The van der Waals surface area contributed by atoms with Gasteiger partial charge >= 0.3 is 0 Å². The summed E-state index contributed by atoms with van der Waals surface area (Å²) in [5.74, 6) is 0.130. The van der Waals surface area contributed by atoms with Crippen LogP contribution in [0.25, 0.3) is 17.4 Å². The molecule has 1 saturated heterocycles. The van der Waals surface area contributed by atoms with Gasteiger partial charge in [-0.15, -0.1) is 0 Å². The SMILES string of the molecule is O=C(CN1C(=O)S/C(=C\c2ccc(-c3ccccc3)o2)C1=O)Nc1ccccc1Br. The summed E-state index contributed by atoms with van der Waals surface area (Å²) in [6.07, 6.45) is 1.52. The molecular formula is C22H15BrN2O4S. The standard InChI is InChI=1S/C22H15BrN2O4S/c23-16-8-4-5-9-17(16)24-20(26)13-25-21(27)19(30-22(25)28)12-15-10-11-18(29-15)14-6-2-1-3-7-14/h1-12H,13H2,(H,24,26)/b19-12-. The van der Waals surface area contributed by atoms with Gasteiger partial charge in [0.2, 0.25) is 5.91 Å². The lowest BCUT2D eigenvalue weighted by Gasteiger charge is -2.13. The molecule has 4 rings (SSSR count). The van der Waals surface area contributed by atoms with Gasteiger partial charge < -0.3 is 9.73 Å². The maximum Gasteiger partial charge on any atom is 0.294 e. The number of rotatable bonds is 5. The number of thioether (sulfide) groups is 1. The van der Waals surface area contributed by atoms with E-state index in [-0.39, 0.29) is 11.4 Å². The van der Waals surface area contributed by atoms with E-state index in [1.807, 2.05) is 36.4 Å². The number of amides is 3. The van der Waals surface area contributed by atoms with Crippen LogP contribution in [0.1, 0.15) is 5.76 Å². The first kappa shape index (κ1) is 20.2. The molecule has 0 radical (unpaired) electrons. The molecule has 6 nitrogen and oxygen atoms in total. The summed E-state index contributed by atoms with van der Waals surface area (Å²) < 4.78 is 6.48. The van der Waals surface area contributed by atoms with Crippen LogP contribution >= 0.6 is 27.7 Å². The third-order valence-electron chi connectivity index (χ3n) is 4.28. The Morgan fingerprint density at radius 1 is 1.03 bits per heavy atom. The normalized spacial score (nSPS) is 15.1. The molecule has 0 atom stereocenters. The third-order valence-corrected chi connectivity index (χ3v) is 5.88. The van der Waals surface area contributed by atoms with E-state index in [0.29, 0.717) is 21.7 Å². The van der Waals surface area contributed by atoms with E-state index in [0.717, 1.165) is 22.2 Å². The summed E-state index contributed by atoms with van der Waals surface area (Å²) in [5, 5.41) is 2.19. The van der Waals surface area contributed by atoms with E-state index in [2.05, 4.69) is 21.2 Å². The Labute approximate surface area is 185 Å². The van der Waals surface area contributed by atoms with E-state index in [9.17, 15) is 14.4 Å². The minimum Gasteiger partial charge on any atom is -0.457 e. The van der Waals surface area contributed by atoms with E-state index in [4.69, 9.17) is 4.42 Å². The minimum atomic E-state index is -0.523. The zero-order chi connectivity index (χ0) is 21.1. The van der Waals surface area contributed by atoms with Crippen LogP contribution in [0.15, 0.2) is 80.5 Å². The smallest absolute Gasteiger partial charge is 0.294 e. The first-order valence-corrected chi connectivity index (χ1v) is 10.6. The summed E-state index contributed by atoms with van der Waals surface area (Å²) in [6.45, 7) is -0.364. The first-order chi connectivity index (χ1) is 14.5. The highest BCUT2D eigenvalue weighted by Gasteiger charge is 2.36. The molecule has 2 aromatic carbocycles. The van der Waals surface area contributed by atoms with Crippen LogP contribution in [0.5, 0.6) is 0 Å². The molecule has 0 spiro atoms. The monoisotopic (exact) mass is 482 g/mol. The van der Waals surface area contributed by atoms with Gasteiger partial charge in [-0.1, -0.05) is 42.5 Å². The molecule has 150 valence electrons. The van der Waals surface area contributed by atoms with Gasteiger partial charge in [0.1, 0.15) is 18.1 Å². The predicted octanol–water partition coefficient (Wildman–Crippen LogP) is 5.38. The Balaban J connectivity index is 1.45. The van der Waals surface area contributed by atoms with E-state index < -0.39 is 17.1 Å². The van der Waals surface area contributed by atoms with Crippen molar-refractivity contribution >= 4 is 56.5 Å². The summed E-state index contributed by atoms with van der Waals surface area (Å²) in [7, 11) is 0. The van der Waals surface area contributed by atoms with Crippen LogP contribution in [-0.4, -0.2) is 28.5 Å². The van der Waals surface area contributed by atoms with Crippen LogP contribution < -0.4 is 5.32 Å². The number of anilines is 1. The molecule has 8 heteroatoms. The highest BCUT2D eigenvalue weighted by atomic mass is 79.9. The molecule has 3 aromatic rings. The molecule has 1 aliphatic rings. The predicted molar refractivity (Wildman–Crippen MR) is 120 cm³/mol. The molecule has 0 unspecified atom stereocenters. The number of para-hydroxylation sites is 1. The summed E-state index contributed by atoms with van der Waals surface area (Å²) >= 11 is 4.12. The fourth-order valence-corrected chi connectivity index (χ4v) is 4.05. The average molecular weight is 483 g/mol. The number of hydrogen-bond donors (Lipinski definition) is 1. The van der Waals surface area contributed by atoms with Crippen molar-refractivity contribution < 1.29 is 18.8 Å². The lowest BCUT2D eigenvalue weighted by molar-refractivity contribution is -0.127. The number of hydrogen-bond acceptors (Lipinski definition) is 5. The van der Waals surface area contributed by atoms with Gasteiger partial charge in [0.05, 0.1) is 10.6 Å². The molecule has 1 N–H and O–H groups in total. The number of benzene rings is 2. The first-order valence-electron chi connectivity index (χ1n) is 8.96. The molecule has 3 amide bonds. The molecule has 30 heavy (non-hydrogen) atoms. The third kappa shape index (κ3) is 4.39. The number of imide groups is 1. The molecule has 1 aromatic heterocycles. The van der Waals surface area contributed by atoms with Crippen molar-refractivity contribution in [3.8, 4) is 11.3 Å². The number of nitrogens with one attached hydrogen (secondary N) is 1. The van der Waals surface area contributed by atoms with Gasteiger partial charge in [-0.05, 0) is 52.0 Å². The van der Waals surface area contributed by atoms with Gasteiger partial charge in [0.15, 0.2) is 0 Å². The van der Waals surface area contributed by atoms with Gasteiger partial charge in [0.25, 0.3) is 11.1 Å². The van der Waals surface area contributed by atoms with Gasteiger partial charge in [-0.3, -0.25) is 19.3 Å². The molecule has 1 aliphatic heterocycles. The molecule has 0 bridgehead atoms. The second-order valence-corrected chi connectivity index (χ2v) is 8.21. The average Bonchev–Trinajstić information content (AvgIpc) is 3.31. The fraction of sp³-hybridized carbons (Fsp3) is 0.0455. The van der Waals surface area contributed by atoms with Gasteiger partial charge in [-0.2, -0.15) is 0 Å². The van der Waals surface area contributed by atoms with Crippen molar-refractivity contribution in [1.82, 2.24) is 4.90 Å². The largest absolute Gasteiger partial charge is 0.457 e. The quantitative estimate of drug-likeness (QED) is 0.493. The maximum absolute atomic E-state index is 12.6. The molecular weight excluding hydrogens is 468 g/mol. The van der Waals surface area contributed by atoms with Crippen LogP contribution in [0, 0.1) is 0 Å². The Hall–Kier alpha value is -3.10. The fourth-order valence-electron chi connectivity index (χ4n) is 2.85. The molecule has 1 fully saturated rings. The summed E-state index contributed by atoms with van der Waals surface area (Å²) in [4.78, 5) is 38.4. The second-order valence-electron chi connectivity index (χ2n) is 6.36. The molecule has 0 aliphatic carbocycles. The highest BCUT2D eigenvalue weighted by Crippen LogP contribution is 2.33. The maximum atomic E-state index is 12.6. The minimum absolute atomic E-state index is 0.211. The zero-order valence-electron chi connectivity index (χ0n) is 15.5.